The van der Waals surface area contributed by atoms with Gasteiger partial charge in [-0.3, -0.25) is 4.79 Å². The molecule has 1 aromatic rings. The highest BCUT2D eigenvalue weighted by molar-refractivity contribution is 6.32. The van der Waals surface area contributed by atoms with Crippen LogP contribution in [0.4, 0.5) is 0 Å². The molecule has 0 spiro atoms. The van der Waals surface area contributed by atoms with Crippen LogP contribution < -0.4 is 4.74 Å². The minimum atomic E-state index is -0.104. The van der Waals surface area contributed by atoms with E-state index in [2.05, 4.69) is 0 Å². The Bertz CT molecular complexity index is 421. The van der Waals surface area contributed by atoms with Gasteiger partial charge >= 0.3 is 0 Å². The number of amides is 1. The van der Waals surface area contributed by atoms with E-state index in [9.17, 15) is 4.79 Å². The number of ether oxygens (including phenoxy) is 1. The van der Waals surface area contributed by atoms with Gasteiger partial charge in [0, 0.05) is 13.1 Å². The lowest BCUT2D eigenvalue weighted by Crippen LogP contribution is -2.36. The maximum absolute atomic E-state index is 11.7. The van der Waals surface area contributed by atoms with Crippen molar-refractivity contribution in [3.8, 4) is 5.75 Å². The van der Waals surface area contributed by atoms with Gasteiger partial charge in [0.05, 0.1) is 11.6 Å². The molecule has 0 heterocycles. The molecule has 0 aromatic heterocycles. The van der Waals surface area contributed by atoms with E-state index in [1.165, 1.54) is 0 Å². The Morgan fingerprint density at radius 1 is 1.50 bits per heavy atom. The number of aliphatic hydroxyl groups excluding tert-OH is 1. The molecular formula is C13H18ClNO3. The lowest BCUT2D eigenvalue weighted by atomic mass is 10.2. The van der Waals surface area contributed by atoms with Crippen LogP contribution >= 0.6 is 11.6 Å². The van der Waals surface area contributed by atoms with Crippen LogP contribution in [0.15, 0.2) is 18.2 Å². The summed E-state index contributed by atoms with van der Waals surface area (Å²) in [5.41, 5.74) is 0.706. The molecule has 0 unspecified atom stereocenters. The maximum Gasteiger partial charge on any atom is 0.260 e. The van der Waals surface area contributed by atoms with Gasteiger partial charge in [-0.05, 0) is 31.5 Å². The molecule has 0 saturated carbocycles. The van der Waals surface area contributed by atoms with Crippen molar-refractivity contribution in [2.45, 2.75) is 26.5 Å². The Labute approximate surface area is 112 Å². The molecular weight excluding hydrogens is 254 g/mol. The van der Waals surface area contributed by atoms with Gasteiger partial charge in [0.25, 0.3) is 5.91 Å². The molecule has 0 aliphatic carbocycles. The number of carbonyl (C=O) groups is 1. The van der Waals surface area contributed by atoms with Crippen LogP contribution in [0.3, 0.4) is 0 Å². The molecule has 0 fully saturated rings. The number of carbonyl (C=O) groups excluding carboxylic acids is 1. The van der Waals surface area contributed by atoms with E-state index in [4.69, 9.17) is 21.4 Å². The van der Waals surface area contributed by atoms with Crippen LogP contribution in [-0.2, 0) is 11.4 Å². The predicted molar refractivity (Wildman–Crippen MR) is 70.8 cm³/mol. The first-order valence-electron chi connectivity index (χ1n) is 5.73. The van der Waals surface area contributed by atoms with Crippen LogP contribution in [0.25, 0.3) is 0 Å². The number of nitrogens with zero attached hydrogens (tertiary/aromatic N) is 1. The predicted octanol–water partition coefficient (Wildman–Crippen LogP) is 2.08. The summed E-state index contributed by atoms with van der Waals surface area (Å²) in [7, 11) is 1.73. The second-order valence-electron chi connectivity index (χ2n) is 4.31. The van der Waals surface area contributed by atoms with Gasteiger partial charge in [0.2, 0.25) is 0 Å². The SMILES string of the molecule is CC(C)N(C)C(=O)COc1ccc(CO)cc1Cl. The molecule has 0 radical (unpaired) electrons. The fraction of sp³-hybridized carbons (Fsp3) is 0.462. The van der Waals surface area contributed by atoms with E-state index >= 15 is 0 Å². The van der Waals surface area contributed by atoms with Crippen molar-refractivity contribution in [3.63, 3.8) is 0 Å². The van der Waals surface area contributed by atoms with E-state index < -0.39 is 0 Å². The molecule has 0 aliphatic rings. The number of aliphatic hydroxyl groups is 1. The highest BCUT2D eigenvalue weighted by atomic mass is 35.5. The van der Waals surface area contributed by atoms with E-state index in [0.717, 1.165) is 0 Å². The van der Waals surface area contributed by atoms with Gasteiger partial charge in [0.15, 0.2) is 6.61 Å². The first kappa shape index (κ1) is 14.8. The molecule has 0 bridgehead atoms. The quantitative estimate of drug-likeness (QED) is 0.892. The largest absolute Gasteiger partial charge is 0.482 e. The third-order valence-corrected chi connectivity index (χ3v) is 2.99. The summed E-state index contributed by atoms with van der Waals surface area (Å²) in [5.74, 6) is 0.340. The van der Waals surface area contributed by atoms with Gasteiger partial charge in [0.1, 0.15) is 5.75 Å². The fourth-order valence-corrected chi connectivity index (χ4v) is 1.55. The summed E-state index contributed by atoms with van der Waals surface area (Å²) in [6.07, 6.45) is 0. The number of hydrogen-bond acceptors (Lipinski definition) is 3. The number of hydrogen-bond donors (Lipinski definition) is 1. The molecule has 18 heavy (non-hydrogen) atoms. The highest BCUT2D eigenvalue weighted by Crippen LogP contribution is 2.25. The molecule has 1 amide bonds. The Morgan fingerprint density at radius 2 is 2.17 bits per heavy atom. The average molecular weight is 272 g/mol. The number of rotatable bonds is 5. The Balaban J connectivity index is 2.61. The van der Waals surface area contributed by atoms with E-state index in [1.807, 2.05) is 13.8 Å². The molecule has 0 aliphatic heterocycles. The molecule has 5 heteroatoms. The molecule has 1 rings (SSSR count). The molecule has 1 aromatic carbocycles. The van der Waals surface area contributed by atoms with E-state index in [0.29, 0.717) is 16.3 Å². The van der Waals surface area contributed by atoms with Gasteiger partial charge in [-0.25, -0.2) is 0 Å². The van der Waals surface area contributed by atoms with E-state index in [-0.39, 0.29) is 25.2 Å². The van der Waals surface area contributed by atoms with Crippen LogP contribution in [0, 0.1) is 0 Å². The molecule has 100 valence electrons. The second kappa shape index (κ2) is 6.61. The van der Waals surface area contributed by atoms with Crippen LogP contribution in [0.1, 0.15) is 19.4 Å². The summed E-state index contributed by atoms with van der Waals surface area (Å²) in [6.45, 7) is 3.74. The van der Waals surface area contributed by atoms with Gasteiger partial charge in [-0.1, -0.05) is 17.7 Å². The fourth-order valence-electron chi connectivity index (χ4n) is 1.29. The van der Waals surface area contributed by atoms with Gasteiger partial charge in [-0.2, -0.15) is 0 Å². The Hall–Kier alpha value is -1.26. The minimum absolute atomic E-state index is 0.0487. The first-order chi connectivity index (χ1) is 8.45. The summed E-state index contributed by atoms with van der Waals surface area (Å²) in [6, 6.07) is 5.11. The number of halogens is 1. The lowest BCUT2D eigenvalue weighted by molar-refractivity contribution is -0.133. The standard InChI is InChI=1S/C13H18ClNO3/c1-9(2)15(3)13(17)8-18-12-5-4-10(7-16)6-11(12)14/h4-6,9,16H,7-8H2,1-3H3. The summed E-state index contributed by atoms with van der Waals surface area (Å²) >= 11 is 5.97. The zero-order chi connectivity index (χ0) is 13.7. The maximum atomic E-state index is 11.7. The third kappa shape index (κ3) is 3.89. The van der Waals surface area contributed by atoms with Crippen molar-refractivity contribution < 1.29 is 14.6 Å². The van der Waals surface area contributed by atoms with Crippen molar-refractivity contribution in [2.24, 2.45) is 0 Å². The average Bonchev–Trinajstić information content (AvgIpc) is 2.35. The Morgan fingerprint density at radius 3 is 2.67 bits per heavy atom. The summed E-state index contributed by atoms with van der Waals surface area (Å²) < 4.78 is 5.36. The first-order valence-corrected chi connectivity index (χ1v) is 6.11. The number of benzene rings is 1. The molecule has 0 saturated heterocycles. The minimum Gasteiger partial charge on any atom is -0.482 e. The monoisotopic (exact) mass is 271 g/mol. The van der Waals surface area contributed by atoms with Crippen LogP contribution in [-0.4, -0.2) is 35.6 Å². The normalized spacial score (nSPS) is 10.6. The van der Waals surface area contributed by atoms with Gasteiger partial charge < -0.3 is 14.7 Å². The summed E-state index contributed by atoms with van der Waals surface area (Å²) in [5, 5.41) is 9.33. The second-order valence-corrected chi connectivity index (χ2v) is 4.72. The topological polar surface area (TPSA) is 49.8 Å². The molecule has 0 atom stereocenters. The van der Waals surface area contributed by atoms with Crippen molar-refractivity contribution in [3.05, 3.63) is 28.8 Å². The van der Waals surface area contributed by atoms with Gasteiger partial charge in [-0.15, -0.1) is 0 Å². The number of likely N-dealkylation sites (N-methyl/N-ethyl adjacent to an activating group) is 1. The molecule has 4 nitrogen and oxygen atoms in total. The summed E-state index contributed by atoms with van der Waals surface area (Å²) in [4.78, 5) is 13.3. The van der Waals surface area contributed by atoms with Crippen molar-refractivity contribution in [1.82, 2.24) is 4.90 Å². The van der Waals surface area contributed by atoms with Crippen molar-refractivity contribution in [2.75, 3.05) is 13.7 Å². The van der Waals surface area contributed by atoms with Crippen LogP contribution in [0.5, 0.6) is 5.75 Å². The smallest absolute Gasteiger partial charge is 0.260 e. The molecule has 1 N–H and O–H groups in total. The van der Waals surface area contributed by atoms with Crippen molar-refractivity contribution >= 4 is 17.5 Å². The Kier molecular flexibility index (Phi) is 5.44. The zero-order valence-electron chi connectivity index (χ0n) is 10.8. The van der Waals surface area contributed by atoms with Crippen LogP contribution in [0.2, 0.25) is 5.02 Å². The third-order valence-electron chi connectivity index (χ3n) is 2.70. The van der Waals surface area contributed by atoms with Crippen molar-refractivity contribution in [1.29, 1.82) is 0 Å². The lowest BCUT2D eigenvalue weighted by Gasteiger charge is -2.21. The van der Waals surface area contributed by atoms with E-state index in [1.54, 1.807) is 30.1 Å². The zero-order valence-corrected chi connectivity index (χ0v) is 11.6. The highest BCUT2D eigenvalue weighted by Gasteiger charge is 2.13.